The molecule has 0 aliphatic rings. The van der Waals surface area contributed by atoms with Crippen LogP contribution in [0.3, 0.4) is 0 Å². The van der Waals surface area contributed by atoms with Crippen LogP contribution >= 0.6 is 0 Å². The first-order valence-corrected chi connectivity index (χ1v) is 4.83. The molecule has 1 aromatic carbocycles. The zero-order valence-electron chi connectivity index (χ0n) is 9.10. The number of rotatable bonds is 2. The summed E-state index contributed by atoms with van der Waals surface area (Å²) in [6.45, 7) is 1.65. The summed E-state index contributed by atoms with van der Waals surface area (Å²) in [5, 5.41) is 5.99. The maximum atomic E-state index is 11.8. The summed E-state index contributed by atoms with van der Waals surface area (Å²) in [5.41, 5.74) is 12.3. The molecule has 7 heteroatoms. The highest BCUT2D eigenvalue weighted by molar-refractivity contribution is 6.07. The molecule has 0 fully saturated rings. The molecule has 1 heterocycles. The van der Waals surface area contributed by atoms with Gasteiger partial charge in [0.25, 0.3) is 5.91 Å². The molecule has 0 aliphatic heterocycles. The first-order chi connectivity index (χ1) is 8.06. The van der Waals surface area contributed by atoms with E-state index in [9.17, 15) is 4.79 Å². The fraction of sp³-hybridized carbons (Fsp3) is 0.100. The van der Waals surface area contributed by atoms with Crippen molar-refractivity contribution in [1.82, 2.24) is 10.1 Å². The van der Waals surface area contributed by atoms with E-state index in [1.54, 1.807) is 13.0 Å². The third-order valence-corrected chi connectivity index (χ3v) is 2.07. The fourth-order valence-corrected chi connectivity index (χ4v) is 1.30. The van der Waals surface area contributed by atoms with E-state index in [1.807, 2.05) is 0 Å². The first kappa shape index (κ1) is 10.9. The lowest BCUT2D eigenvalue weighted by Crippen LogP contribution is -2.14. The van der Waals surface area contributed by atoms with Crippen LogP contribution in [-0.2, 0) is 0 Å². The molecule has 0 saturated heterocycles. The van der Waals surface area contributed by atoms with Crippen molar-refractivity contribution in [3.63, 3.8) is 0 Å². The van der Waals surface area contributed by atoms with Crippen LogP contribution in [0.4, 0.5) is 17.4 Å². The Balaban J connectivity index is 2.20. The highest BCUT2D eigenvalue weighted by atomic mass is 16.5. The van der Waals surface area contributed by atoms with E-state index in [2.05, 4.69) is 15.5 Å². The molecule has 1 aromatic heterocycles. The Morgan fingerprint density at radius 3 is 2.76 bits per heavy atom. The van der Waals surface area contributed by atoms with Crippen LogP contribution in [0, 0.1) is 6.92 Å². The molecule has 2 aromatic rings. The molecule has 88 valence electrons. The summed E-state index contributed by atoms with van der Waals surface area (Å²) in [7, 11) is 0. The van der Waals surface area contributed by atoms with Crippen molar-refractivity contribution in [1.29, 1.82) is 0 Å². The number of hydrogen-bond acceptors (Lipinski definition) is 6. The monoisotopic (exact) mass is 233 g/mol. The Morgan fingerprint density at radius 1 is 1.41 bits per heavy atom. The smallest absolute Gasteiger partial charge is 0.328 e. The number of nitrogens with two attached hydrogens (primary N) is 2. The summed E-state index contributed by atoms with van der Waals surface area (Å²) in [6, 6.07) is 4.66. The molecule has 2 rings (SSSR count). The predicted molar refractivity (Wildman–Crippen MR) is 62.3 cm³/mol. The fourth-order valence-electron chi connectivity index (χ4n) is 1.30. The number of nitrogens with zero attached hydrogens (tertiary/aromatic N) is 2. The van der Waals surface area contributed by atoms with E-state index in [-0.39, 0.29) is 6.01 Å². The van der Waals surface area contributed by atoms with Gasteiger partial charge >= 0.3 is 6.01 Å². The summed E-state index contributed by atoms with van der Waals surface area (Å²) in [6.07, 6.45) is 0. The van der Waals surface area contributed by atoms with Crippen LogP contribution in [0.25, 0.3) is 0 Å². The summed E-state index contributed by atoms with van der Waals surface area (Å²) < 4.78 is 4.76. The zero-order chi connectivity index (χ0) is 12.4. The van der Waals surface area contributed by atoms with Crippen LogP contribution in [0.15, 0.2) is 22.7 Å². The SMILES string of the molecule is Cc1noc(NC(=O)c2ccc(N)cc2N)n1. The first-order valence-electron chi connectivity index (χ1n) is 4.83. The zero-order valence-corrected chi connectivity index (χ0v) is 9.10. The molecule has 7 nitrogen and oxygen atoms in total. The van der Waals surface area contributed by atoms with Gasteiger partial charge in [-0.25, -0.2) is 0 Å². The Kier molecular flexibility index (Phi) is 2.65. The van der Waals surface area contributed by atoms with E-state index in [1.165, 1.54) is 12.1 Å². The molecule has 0 atom stereocenters. The van der Waals surface area contributed by atoms with Gasteiger partial charge in [0.05, 0.1) is 5.56 Å². The number of aromatic nitrogens is 2. The minimum Gasteiger partial charge on any atom is -0.399 e. The van der Waals surface area contributed by atoms with Gasteiger partial charge < -0.3 is 16.0 Å². The molecule has 17 heavy (non-hydrogen) atoms. The van der Waals surface area contributed by atoms with Gasteiger partial charge in [0.15, 0.2) is 5.82 Å². The molecule has 0 unspecified atom stereocenters. The average Bonchev–Trinajstić information content (AvgIpc) is 2.63. The minimum absolute atomic E-state index is 0.0312. The summed E-state index contributed by atoms with van der Waals surface area (Å²) in [4.78, 5) is 15.6. The second-order valence-corrected chi connectivity index (χ2v) is 3.45. The number of hydrogen-bond donors (Lipinski definition) is 3. The van der Waals surface area contributed by atoms with E-state index in [0.29, 0.717) is 22.8 Å². The highest BCUT2D eigenvalue weighted by Gasteiger charge is 2.13. The van der Waals surface area contributed by atoms with Gasteiger partial charge in [0, 0.05) is 11.4 Å². The largest absolute Gasteiger partial charge is 0.399 e. The molecular formula is C10H11N5O2. The van der Waals surface area contributed by atoms with Crippen molar-refractivity contribution < 1.29 is 9.32 Å². The number of carbonyl (C=O) groups excluding carboxylic acids is 1. The van der Waals surface area contributed by atoms with Gasteiger partial charge in [-0.3, -0.25) is 10.1 Å². The van der Waals surface area contributed by atoms with Crippen LogP contribution < -0.4 is 16.8 Å². The lowest BCUT2D eigenvalue weighted by molar-refractivity contribution is 0.102. The van der Waals surface area contributed by atoms with Gasteiger partial charge in [0.2, 0.25) is 0 Å². The molecule has 0 saturated carbocycles. The highest BCUT2D eigenvalue weighted by Crippen LogP contribution is 2.17. The van der Waals surface area contributed by atoms with E-state index >= 15 is 0 Å². The van der Waals surface area contributed by atoms with Crippen LogP contribution in [0.5, 0.6) is 0 Å². The quantitative estimate of drug-likeness (QED) is 0.659. The van der Waals surface area contributed by atoms with Crippen LogP contribution in [0.1, 0.15) is 16.2 Å². The van der Waals surface area contributed by atoms with Crippen molar-refractivity contribution in [2.75, 3.05) is 16.8 Å². The van der Waals surface area contributed by atoms with Crippen molar-refractivity contribution in [3.8, 4) is 0 Å². The normalized spacial score (nSPS) is 10.2. The second kappa shape index (κ2) is 4.12. The maximum Gasteiger partial charge on any atom is 0.328 e. The lowest BCUT2D eigenvalue weighted by Gasteiger charge is -2.04. The minimum atomic E-state index is -0.425. The van der Waals surface area contributed by atoms with E-state index in [4.69, 9.17) is 16.0 Å². The van der Waals surface area contributed by atoms with E-state index < -0.39 is 5.91 Å². The number of nitrogens with one attached hydrogen (secondary N) is 1. The number of nitrogen functional groups attached to an aromatic ring is 2. The molecular weight excluding hydrogens is 222 g/mol. The Labute approximate surface area is 96.8 Å². The van der Waals surface area contributed by atoms with E-state index in [0.717, 1.165) is 0 Å². The average molecular weight is 233 g/mol. The van der Waals surface area contributed by atoms with Gasteiger partial charge in [-0.2, -0.15) is 4.98 Å². The van der Waals surface area contributed by atoms with Crippen molar-refractivity contribution in [3.05, 3.63) is 29.6 Å². The Morgan fingerprint density at radius 2 is 2.18 bits per heavy atom. The topological polar surface area (TPSA) is 120 Å². The van der Waals surface area contributed by atoms with Crippen molar-refractivity contribution in [2.24, 2.45) is 0 Å². The second-order valence-electron chi connectivity index (χ2n) is 3.45. The number of anilines is 3. The van der Waals surface area contributed by atoms with Crippen LogP contribution in [-0.4, -0.2) is 16.0 Å². The van der Waals surface area contributed by atoms with Gasteiger partial charge in [-0.15, -0.1) is 0 Å². The lowest BCUT2D eigenvalue weighted by atomic mass is 10.1. The molecule has 0 aliphatic carbocycles. The molecule has 5 N–H and O–H groups in total. The van der Waals surface area contributed by atoms with Gasteiger partial charge in [0.1, 0.15) is 0 Å². The van der Waals surface area contributed by atoms with Crippen LogP contribution in [0.2, 0.25) is 0 Å². The molecule has 0 bridgehead atoms. The Bertz CT molecular complexity index is 564. The Hall–Kier alpha value is -2.57. The third kappa shape index (κ3) is 2.33. The van der Waals surface area contributed by atoms with Gasteiger partial charge in [-0.05, 0) is 25.1 Å². The standard InChI is InChI=1S/C10H11N5O2/c1-5-13-10(17-15-5)14-9(16)7-3-2-6(11)4-8(7)12/h2-4H,11-12H2,1H3,(H,13,14,15,16). The predicted octanol–water partition coefficient (Wildman–Crippen LogP) is 0.795. The summed E-state index contributed by atoms with van der Waals surface area (Å²) in [5.74, 6) is 0.0109. The van der Waals surface area contributed by atoms with Crippen molar-refractivity contribution in [2.45, 2.75) is 6.92 Å². The molecule has 1 amide bonds. The number of amides is 1. The third-order valence-electron chi connectivity index (χ3n) is 2.07. The molecule has 0 radical (unpaired) electrons. The van der Waals surface area contributed by atoms with Crippen molar-refractivity contribution >= 4 is 23.3 Å². The number of aryl methyl sites for hydroxylation is 1. The molecule has 0 spiro atoms. The number of benzene rings is 1. The number of carbonyl (C=O) groups is 1. The maximum absolute atomic E-state index is 11.8. The summed E-state index contributed by atoms with van der Waals surface area (Å²) >= 11 is 0. The van der Waals surface area contributed by atoms with Gasteiger partial charge in [-0.1, -0.05) is 5.16 Å².